The average Bonchev–Trinajstić information content (AvgIpc) is 3.11. The van der Waals surface area contributed by atoms with E-state index in [2.05, 4.69) is 22.4 Å². The third-order valence-electron chi connectivity index (χ3n) is 4.25. The maximum absolute atomic E-state index is 12.4. The van der Waals surface area contributed by atoms with Gasteiger partial charge in [0.2, 0.25) is 5.91 Å². The number of benzene rings is 2. The minimum Gasteiger partial charge on any atom is -0.338 e. The third kappa shape index (κ3) is 4.20. The van der Waals surface area contributed by atoms with Crippen molar-refractivity contribution < 1.29 is 4.79 Å². The summed E-state index contributed by atoms with van der Waals surface area (Å²) >= 11 is 1.71. The second-order valence-electron chi connectivity index (χ2n) is 6.18. The van der Waals surface area contributed by atoms with Gasteiger partial charge in [0, 0.05) is 29.2 Å². The Bertz CT molecular complexity index is 1050. The molecule has 27 heavy (non-hydrogen) atoms. The molecule has 0 radical (unpaired) electrons. The Morgan fingerprint density at radius 3 is 2.48 bits per heavy atom. The monoisotopic (exact) mass is 373 g/mol. The SMILES string of the molecule is O=C(Cn1ccc2c(SCc3ccccc3)nccc21)Nc1ccccc1. The van der Waals surface area contributed by atoms with Crippen LogP contribution in [0.15, 0.2) is 90.2 Å². The van der Waals surface area contributed by atoms with E-state index in [-0.39, 0.29) is 12.5 Å². The Balaban J connectivity index is 1.49. The number of nitrogens with one attached hydrogen (secondary N) is 1. The molecule has 0 aliphatic carbocycles. The molecule has 0 saturated carbocycles. The Morgan fingerprint density at radius 2 is 1.70 bits per heavy atom. The van der Waals surface area contributed by atoms with Crippen molar-refractivity contribution in [2.45, 2.75) is 17.3 Å². The molecule has 2 heterocycles. The number of carbonyl (C=O) groups is 1. The van der Waals surface area contributed by atoms with Crippen LogP contribution < -0.4 is 5.32 Å². The lowest BCUT2D eigenvalue weighted by molar-refractivity contribution is -0.116. The summed E-state index contributed by atoms with van der Waals surface area (Å²) in [6.45, 7) is 0.269. The van der Waals surface area contributed by atoms with Gasteiger partial charge in [-0.25, -0.2) is 4.98 Å². The molecular formula is C22H19N3OS. The fraction of sp³-hybridized carbons (Fsp3) is 0.0909. The average molecular weight is 373 g/mol. The minimum atomic E-state index is -0.0472. The zero-order valence-electron chi connectivity index (χ0n) is 14.7. The van der Waals surface area contributed by atoms with Crippen molar-refractivity contribution in [2.24, 2.45) is 0 Å². The number of para-hydroxylation sites is 1. The van der Waals surface area contributed by atoms with Crippen molar-refractivity contribution >= 4 is 34.3 Å². The number of amides is 1. The fourth-order valence-corrected chi connectivity index (χ4v) is 3.91. The van der Waals surface area contributed by atoms with Crippen LogP contribution in [0.1, 0.15) is 5.56 Å². The van der Waals surface area contributed by atoms with E-state index in [0.717, 1.165) is 27.4 Å². The number of fused-ring (bicyclic) bond motifs is 1. The number of carbonyl (C=O) groups excluding carboxylic acids is 1. The zero-order valence-corrected chi connectivity index (χ0v) is 15.5. The van der Waals surface area contributed by atoms with E-state index >= 15 is 0 Å². The highest BCUT2D eigenvalue weighted by molar-refractivity contribution is 7.98. The number of hydrogen-bond donors (Lipinski definition) is 1. The third-order valence-corrected chi connectivity index (χ3v) is 5.33. The summed E-state index contributed by atoms with van der Waals surface area (Å²) in [4.78, 5) is 16.9. The van der Waals surface area contributed by atoms with Gasteiger partial charge < -0.3 is 9.88 Å². The smallest absolute Gasteiger partial charge is 0.244 e. The number of thioether (sulfide) groups is 1. The summed E-state index contributed by atoms with van der Waals surface area (Å²) in [5.41, 5.74) is 3.09. The molecule has 0 atom stereocenters. The normalized spacial score (nSPS) is 10.8. The molecule has 1 N–H and O–H groups in total. The van der Waals surface area contributed by atoms with Crippen LogP contribution in [0, 0.1) is 0 Å². The number of rotatable bonds is 6. The highest BCUT2D eigenvalue weighted by Gasteiger charge is 2.10. The van der Waals surface area contributed by atoms with E-state index in [1.54, 1.807) is 18.0 Å². The van der Waals surface area contributed by atoms with Crippen molar-refractivity contribution in [2.75, 3.05) is 5.32 Å². The summed E-state index contributed by atoms with van der Waals surface area (Å²) in [7, 11) is 0. The van der Waals surface area contributed by atoms with E-state index in [0.29, 0.717) is 0 Å². The van der Waals surface area contributed by atoms with E-state index in [1.807, 2.05) is 71.4 Å². The Labute approximate surface area is 162 Å². The summed E-state index contributed by atoms with van der Waals surface area (Å²) in [6.07, 6.45) is 3.75. The molecule has 0 aliphatic rings. The topological polar surface area (TPSA) is 46.9 Å². The molecule has 0 saturated heterocycles. The maximum atomic E-state index is 12.4. The molecule has 0 bridgehead atoms. The highest BCUT2D eigenvalue weighted by atomic mass is 32.2. The van der Waals surface area contributed by atoms with E-state index in [4.69, 9.17) is 0 Å². The minimum absolute atomic E-state index is 0.0472. The molecule has 4 nitrogen and oxygen atoms in total. The Morgan fingerprint density at radius 1 is 0.963 bits per heavy atom. The number of pyridine rings is 1. The van der Waals surface area contributed by atoms with Gasteiger partial charge in [0.15, 0.2) is 0 Å². The Hall–Kier alpha value is -3.05. The van der Waals surface area contributed by atoms with Crippen LogP contribution >= 0.6 is 11.8 Å². The van der Waals surface area contributed by atoms with E-state index in [1.165, 1.54) is 5.56 Å². The molecule has 2 aromatic heterocycles. The quantitative estimate of drug-likeness (QED) is 0.486. The predicted octanol–water partition coefficient (Wildman–Crippen LogP) is 4.97. The summed E-state index contributed by atoms with van der Waals surface area (Å²) in [5, 5.41) is 4.99. The molecule has 4 rings (SSSR count). The molecule has 0 spiro atoms. The van der Waals surface area contributed by atoms with Gasteiger partial charge in [-0.15, -0.1) is 11.8 Å². The van der Waals surface area contributed by atoms with Gasteiger partial charge in [0.05, 0.1) is 5.52 Å². The first-order chi connectivity index (χ1) is 13.3. The number of anilines is 1. The van der Waals surface area contributed by atoms with Crippen molar-refractivity contribution in [3.05, 3.63) is 90.8 Å². The first-order valence-corrected chi connectivity index (χ1v) is 9.73. The van der Waals surface area contributed by atoms with Crippen molar-refractivity contribution in [1.29, 1.82) is 0 Å². The van der Waals surface area contributed by atoms with Crippen LogP contribution in [-0.2, 0) is 17.1 Å². The van der Waals surface area contributed by atoms with Crippen LogP contribution in [0.3, 0.4) is 0 Å². The standard InChI is InChI=1S/C22H19N3OS/c26-21(24-18-9-5-2-6-10-18)15-25-14-12-19-20(25)11-13-23-22(19)27-16-17-7-3-1-4-8-17/h1-14H,15-16H2,(H,24,26). The molecular weight excluding hydrogens is 354 g/mol. The first kappa shape index (κ1) is 17.4. The number of aromatic nitrogens is 2. The van der Waals surface area contributed by atoms with Crippen LogP contribution in [-0.4, -0.2) is 15.5 Å². The van der Waals surface area contributed by atoms with Crippen LogP contribution in [0.5, 0.6) is 0 Å². The zero-order chi connectivity index (χ0) is 18.5. The number of nitrogens with zero attached hydrogens (tertiary/aromatic N) is 2. The summed E-state index contributed by atoms with van der Waals surface area (Å²) < 4.78 is 1.96. The largest absolute Gasteiger partial charge is 0.338 e. The van der Waals surface area contributed by atoms with Gasteiger partial charge in [0.25, 0.3) is 0 Å². The molecule has 0 fully saturated rings. The first-order valence-electron chi connectivity index (χ1n) is 8.75. The lowest BCUT2D eigenvalue weighted by atomic mass is 10.2. The molecule has 134 valence electrons. The van der Waals surface area contributed by atoms with Gasteiger partial charge >= 0.3 is 0 Å². The van der Waals surface area contributed by atoms with Gasteiger partial charge in [-0.3, -0.25) is 4.79 Å². The second kappa shape index (κ2) is 8.10. The van der Waals surface area contributed by atoms with Crippen molar-refractivity contribution in [3.63, 3.8) is 0 Å². The summed E-state index contributed by atoms with van der Waals surface area (Å²) in [6, 6.07) is 23.8. The van der Waals surface area contributed by atoms with Crippen LogP contribution in [0.4, 0.5) is 5.69 Å². The van der Waals surface area contributed by atoms with E-state index < -0.39 is 0 Å². The molecule has 2 aromatic carbocycles. The van der Waals surface area contributed by atoms with Crippen molar-refractivity contribution in [3.8, 4) is 0 Å². The van der Waals surface area contributed by atoms with Gasteiger partial charge in [-0.2, -0.15) is 0 Å². The lowest BCUT2D eigenvalue weighted by Gasteiger charge is -2.08. The van der Waals surface area contributed by atoms with Crippen molar-refractivity contribution in [1.82, 2.24) is 9.55 Å². The maximum Gasteiger partial charge on any atom is 0.244 e. The van der Waals surface area contributed by atoms with Crippen LogP contribution in [0.25, 0.3) is 10.9 Å². The fourth-order valence-electron chi connectivity index (χ4n) is 2.95. The molecule has 0 aliphatic heterocycles. The molecule has 4 aromatic rings. The van der Waals surface area contributed by atoms with E-state index in [9.17, 15) is 4.79 Å². The summed E-state index contributed by atoms with van der Waals surface area (Å²) in [5.74, 6) is 0.820. The highest BCUT2D eigenvalue weighted by Crippen LogP contribution is 2.29. The molecule has 0 unspecified atom stereocenters. The second-order valence-corrected chi connectivity index (χ2v) is 7.15. The van der Waals surface area contributed by atoms with Crippen LogP contribution in [0.2, 0.25) is 0 Å². The van der Waals surface area contributed by atoms with Gasteiger partial charge in [-0.05, 0) is 29.8 Å². The molecule has 1 amide bonds. The Kier molecular flexibility index (Phi) is 5.21. The lowest BCUT2D eigenvalue weighted by Crippen LogP contribution is -2.18. The van der Waals surface area contributed by atoms with Gasteiger partial charge in [-0.1, -0.05) is 48.5 Å². The predicted molar refractivity (Wildman–Crippen MR) is 111 cm³/mol. The number of hydrogen-bond acceptors (Lipinski definition) is 3. The molecule has 5 heteroatoms. The van der Waals surface area contributed by atoms with Gasteiger partial charge in [0.1, 0.15) is 11.6 Å².